The average Bonchev–Trinajstić information content (AvgIpc) is 2.40. The van der Waals surface area contributed by atoms with E-state index >= 15 is 0 Å². The van der Waals surface area contributed by atoms with Crippen molar-refractivity contribution in [3.63, 3.8) is 0 Å². The highest BCUT2D eigenvalue weighted by atomic mass is 16.1. The Bertz CT molecular complexity index is 504. The van der Waals surface area contributed by atoms with Crippen molar-refractivity contribution < 1.29 is 4.79 Å². The van der Waals surface area contributed by atoms with Gasteiger partial charge in [-0.15, -0.1) is 0 Å². The van der Waals surface area contributed by atoms with Gasteiger partial charge in [-0.3, -0.25) is 9.79 Å². The van der Waals surface area contributed by atoms with Gasteiger partial charge in [0, 0.05) is 11.9 Å². The monoisotopic (exact) mass is 224 g/mol. The Morgan fingerprint density at radius 3 is 2.29 bits per heavy atom. The number of rotatable bonds is 4. The van der Waals surface area contributed by atoms with Crippen LogP contribution in [0, 0.1) is 0 Å². The van der Waals surface area contributed by atoms with Crippen LogP contribution < -0.4 is 5.32 Å². The fourth-order valence-corrected chi connectivity index (χ4v) is 1.40. The molecule has 1 amide bonds. The van der Waals surface area contributed by atoms with Gasteiger partial charge in [-0.05, 0) is 29.8 Å². The lowest BCUT2D eigenvalue weighted by Gasteiger charge is -1.98. The molecule has 0 atom stereocenters. The summed E-state index contributed by atoms with van der Waals surface area (Å²) < 4.78 is 0. The van der Waals surface area contributed by atoms with E-state index in [-0.39, 0.29) is 0 Å². The first-order chi connectivity index (χ1) is 8.38. The zero-order chi connectivity index (χ0) is 11.9. The van der Waals surface area contributed by atoms with E-state index in [1.54, 1.807) is 0 Å². The fraction of sp³-hybridized carbons (Fsp3) is 0. The van der Waals surface area contributed by atoms with Gasteiger partial charge in [0.05, 0.1) is 5.69 Å². The number of carbonyl (C=O) groups is 1. The van der Waals surface area contributed by atoms with Crippen LogP contribution in [0.4, 0.5) is 11.4 Å². The van der Waals surface area contributed by atoms with Gasteiger partial charge in [0.25, 0.3) is 0 Å². The second kappa shape index (κ2) is 5.61. The molecule has 0 radical (unpaired) electrons. The van der Waals surface area contributed by atoms with Gasteiger partial charge in [-0.1, -0.05) is 30.3 Å². The quantitative estimate of drug-likeness (QED) is 0.629. The minimum Gasteiger partial charge on any atom is -0.329 e. The van der Waals surface area contributed by atoms with E-state index in [9.17, 15) is 4.79 Å². The summed E-state index contributed by atoms with van der Waals surface area (Å²) in [6, 6.07) is 17.2. The Balaban J connectivity index is 2.08. The number of hydrogen-bond donors (Lipinski definition) is 1. The van der Waals surface area contributed by atoms with E-state index in [0.717, 1.165) is 16.9 Å². The fourth-order valence-electron chi connectivity index (χ4n) is 1.40. The molecule has 3 nitrogen and oxygen atoms in total. The van der Waals surface area contributed by atoms with Gasteiger partial charge in [-0.25, -0.2) is 0 Å². The molecule has 2 aromatic rings. The first kappa shape index (κ1) is 11.1. The van der Waals surface area contributed by atoms with Gasteiger partial charge >= 0.3 is 0 Å². The maximum Gasteiger partial charge on any atom is 0.211 e. The standard InChI is InChI=1S/C14H12N2O/c17-11-16-14-8-6-13(7-9-14)15-10-12-4-2-1-3-5-12/h1-11H,(H,16,17). The van der Waals surface area contributed by atoms with Gasteiger partial charge in [0.15, 0.2) is 0 Å². The molecule has 84 valence electrons. The summed E-state index contributed by atoms with van der Waals surface area (Å²) in [6.07, 6.45) is 2.46. The summed E-state index contributed by atoms with van der Waals surface area (Å²) in [6.45, 7) is 0. The van der Waals surface area contributed by atoms with Crippen molar-refractivity contribution in [2.75, 3.05) is 5.32 Å². The highest BCUT2D eigenvalue weighted by Gasteiger charge is 1.91. The first-order valence-corrected chi connectivity index (χ1v) is 5.28. The van der Waals surface area contributed by atoms with Crippen LogP contribution in [0.2, 0.25) is 0 Å². The smallest absolute Gasteiger partial charge is 0.211 e. The molecule has 0 aliphatic heterocycles. The van der Waals surface area contributed by atoms with Gasteiger partial charge in [0.1, 0.15) is 0 Å². The largest absolute Gasteiger partial charge is 0.329 e. The number of hydrogen-bond acceptors (Lipinski definition) is 2. The third-order valence-electron chi connectivity index (χ3n) is 2.26. The number of anilines is 1. The molecular weight excluding hydrogens is 212 g/mol. The van der Waals surface area contributed by atoms with Crippen molar-refractivity contribution in [2.45, 2.75) is 0 Å². The molecule has 0 unspecified atom stereocenters. The van der Waals surface area contributed by atoms with Gasteiger partial charge in [-0.2, -0.15) is 0 Å². The normalized spacial score (nSPS) is 10.4. The predicted molar refractivity (Wildman–Crippen MR) is 69.8 cm³/mol. The molecule has 3 heteroatoms. The second-order valence-corrected chi connectivity index (χ2v) is 3.48. The highest BCUT2D eigenvalue weighted by Crippen LogP contribution is 2.15. The van der Waals surface area contributed by atoms with Crippen molar-refractivity contribution in [3.05, 3.63) is 60.2 Å². The summed E-state index contributed by atoms with van der Waals surface area (Å²) in [5.74, 6) is 0. The predicted octanol–water partition coefficient (Wildman–Crippen LogP) is 3.01. The molecular formula is C14H12N2O. The Kier molecular flexibility index (Phi) is 3.65. The molecule has 0 saturated carbocycles. The van der Waals surface area contributed by atoms with Crippen molar-refractivity contribution >= 4 is 24.0 Å². The van der Waals surface area contributed by atoms with Crippen LogP contribution in [0.25, 0.3) is 0 Å². The van der Waals surface area contributed by atoms with Crippen LogP contribution in [0.1, 0.15) is 5.56 Å². The van der Waals surface area contributed by atoms with E-state index in [1.807, 2.05) is 60.8 Å². The summed E-state index contributed by atoms with van der Waals surface area (Å²) in [5.41, 5.74) is 2.67. The number of amides is 1. The van der Waals surface area contributed by atoms with Gasteiger partial charge < -0.3 is 5.32 Å². The molecule has 1 N–H and O–H groups in total. The lowest BCUT2D eigenvalue weighted by molar-refractivity contribution is -0.105. The van der Waals surface area contributed by atoms with E-state index < -0.39 is 0 Å². The third kappa shape index (κ3) is 3.28. The maximum absolute atomic E-state index is 10.2. The highest BCUT2D eigenvalue weighted by molar-refractivity contribution is 5.82. The van der Waals surface area contributed by atoms with Gasteiger partial charge in [0.2, 0.25) is 6.41 Å². The number of carbonyl (C=O) groups excluding carboxylic acids is 1. The molecule has 2 rings (SSSR count). The molecule has 0 fully saturated rings. The molecule has 0 aromatic heterocycles. The SMILES string of the molecule is O=CNc1ccc(N=Cc2ccccc2)cc1. The number of aliphatic imine (C=N–C) groups is 1. The van der Waals surface area contributed by atoms with Crippen LogP contribution >= 0.6 is 0 Å². The van der Waals surface area contributed by atoms with Crippen molar-refractivity contribution in [1.29, 1.82) is 0 Å². The molecule has 0 spiro atoms. The van der Waals surface area contributed by atoms with Crippen LogP contribution in [0.3, 0.4) is 0 Å². The van der Waals surface area contributed by atoms with Crippen molar-refractivity contribution in [3.8, 4) is 0 Å². The van der Waals surface area contributed by atoms with Crippen LogP contribution in [-0.4, -0.2) is 12.6 Å². The molecule has 0 heterocycles. The maximum atomic E-state index is 10.2. The van der Waals surface area contributed by atoms with Crippen LogP contribution in [0.5, 0.6) is 0 Å². The number of nitrogens with one attached hydrogen (secondary N) is 1. The number of nitrogens with zero attached hydrogens (tertiary/aromatic N) is 1. The molecule has 0 saturated heterocycles. The molecule has 0 aliphatic carbocycles. The third-order valence-corrected chi connectivity index (χ3v) is 2.26. The Labute approximate surface area is 99.8 Å². The lowest BCUT2D eigenvalue weighted by Crippen LogP contribution is -1.91. The first-order valence-electron chi connectivity index (χ1n) is 5.28. The lowest BCUT2D eigenvalue weighted by atomic mass is 10.2. The van der Waals surface area contributed by atoms with E-state index in [0.29, 0.717) is 6.41 Å². The Hall–Kier alpha value is -2.42. The zero-order valence-corrected chi connectivity index (χ0v) is 9.21. The summed E-state index contributed by atoms with van der Waals surface area (Å²) in [5, 5.41) is 2.58. The Morgan fingerprint density at radius 2 is 1.65 bits per heavy atom. The van der Waals surface area contributed by atoms with E-state index in [1.165, 1.54) is 0 Å². The summed E-state index contributed by atoms with van der Waals surface area (Å²) in [4.78, 5) is 14.6. The number of benzene rings is 2. The summed E-state index contributed by atoms with van der Waals surface area (Å²) in [7, 11) is 0. The minimum atomic E-state index is 0.655. The summed E-state index contributed by atoms with van der Waals surface area (Å²) >= 11 is 0. The average molecular weight is 224 g/mol. The second-order valence-electron chi connectivity index (χ2n) is 3.48. The topological polar surface area (TPSA) is 41.5 Å². The molecule has 0 bridgehead atoms. The molecule has 17 heavy (non-hydrogen) atoms. The van der Waals surface area contributed by atoms with E-state index in [2.05, 4.69) is 10.3 Å². The zero-order valence-electron chi connectivity index (χ0n) is 9.21. The van der Waals surface area contributed by atoms with Crippen molar-refractivity contribution in [1.82, 2.24) is 0 Å². The van der Waals surface area contributed by atoms with E-state index in [4.69, 9.17) is 0 Å². The minimum absolute atomic E-state index is 0.655. The molecule has 0 aliphatic rings. The van der Waals surface area contributed by atoms with Crippen LogP contribution in [-0.2, 0) is 4.79 Å². The van der Waals surface area contributed by atoms with Crippen molar-refractivity contribution in [2.24, 2.45) is 4.99 Å². The van der Waals surface area contributed by atoms with Crippen LogP contribution in [0.15, 0.2) is 59.6 Å². The molecule has 2 aromatic carbocycles. The Morgan fingerprint density at radius 1 is 0.941 bits per heavy atom.